The number of hydrogen-bond donors (Lipinski definition) is 0. The van der Waals surface area contributed by atoms with E-state index in [0.717, 1.165) is 28.4 Å². The number of anilines is 1. The van der Waals surface area contributed by atoms with Crippen molar-refractivity contribution in [3.8, 4) is 0 Å². The van der Waals surface area contributed by atoms with Crippen LogP contribution in [0.1, 0.15) is 10.4 Å². The second-order valence-electron chi connectivity index (χ2n) is 6.05. The summed E-state index contributed by atoms with van der Waals surface area (Å²) >= 11 is 19.7. The van der Waals surface area contributed by atoms with Crippen molar-refractivity contribution in [3.63, 3.8) is 0 Å². The van der Waals surface area contributed by atoms with Gasteiger partial charge >= 0.3 is 0 Å². The first kappa shape index (κ1) is 17.9. The first-order valence-electron chi connectivity index (χ1n) is 8.06. The number of piperazine rings is 1. The van der Waals surface area contributed by atoms with Crippen molar-refractivity contribution in [2.45, 2.75) is 0 Å². The Kier molecular flexibility index (Phi) is 4.97. The second-order valence-corrected chi connectivity index (χ2v) is 8.36. The Morgan fingerprint density at radius 1 is 0.923 bits per heavy atom. The summed E-state index contributed by atoms with van der Waals surface area (Å²) in [6.45, 7) is 2.71. The molecule has 0 atom stereocenters. The summed E-state index contributed by atoms with van der Waals surface area (Å²) in [6.07, 6.45) is 0. The Labute approximate surface area is 169 Å². The number of amides is 1. The highest BCUT2D eigenvalue weighted by molar-refractivity contribution is 7.22. The lowest BCUT2D eigenvalue weighted by atomic mass is 10.2. The lowest BCUT2D eigenvalue weighted by molar-refractivity contribution is 0.0747. The number of halogens is 3. The zero-order valence-corrected chi connectivity index (χ0v) is 16.7. The van der Waals surface area contributed by atoms with Crippen LogP contribution in [0.15, 0.2) is 36.4 Å². The van der Waals surface area contributed by atoms with Crippen LogP contribution in [0.5, 0.6) is 0 Å². The lowest BCUT2D eigenvalue weighted by Crippen LogP contribution is -2.48. The molecule has 1 aliphatic rings. The van der Waals surface area contributed by atoms with Crippen LogP contribution in [0.4, 0.5) is 5.13 Å². The Bertz CT molecular complexity index is 963. The Morgan fingerprint density at radius 2 is 1.62 bits per heavy atom. The van der Waals surface area contributed by atoms with Crippen molar-refractivity contribution in [2.24, 2.45) is 0 Å². The topological polar surface area (TPSA) is 36.4 Å². The molecule has 1 aliphatic heterocycles. The van der Waals surface area contributed by atoms with E-state index in [0.29, 0.717) is 33.7 Å². The molecule has 8 heteroatoms. The number of thiazole rings is 1. The molecule has 0 unspecified atom stereocenters. The summed E-state index contributed by atoms with van der Waals surface area (Å²) in [6, 6.07) is 10.6. The molecule has 1 saturated heterocycles. The zero-order valence-electron chi connectivity index (χ0n) is 13.6. The molecule has 0 bridgehead atoms. The number of nitrogens with zero attached hydrogens (tertiary/aromatic N) is 3. The number of benzene rings is 2. The number of rotatable bonds is 2. The largest absolute Gasteiger partial charge is 0.345 e. The molecule has 0 radical (unpaired) electrons. The van der Waals surface area contributed by atoms with Crippen LogP contribution in [0.3, 0.4) is 0 Å². The van der Waals surface area contributed by atoms with Crippen LogP contribution in [-0.2, 0) is 0 Å². The van der Waals surface area contributed by atoms with Crippen LogP contribution in [0.2, 0.25) is 15.1 Å². The van der Waals surface area contributed by atoms with Gasteiger partial charge in [-0.25, -0.2) is 4.98 Å². The third-order valence-corrected chi connectivity index (χ3v) is 6.04. The van der Waals surface area contributed by atoms with Gasteiger partial charge in [0.25, 0.3) is 5.91 Å². The van der Waals surface area contributed by atoms with Gasteiger partial charge in [-0.05, 0) is 36.4 Å². The van der Waals surface area contributed by atoms with Gasteiger partial charge < -0.3 is 9.80 Å². The standard InChI is InChI=1S/C18H14Cl3N3OS/c19-12-1-2-15-16(10-12)26-18(22-15)24-5-3-23(4-6-24)17(25)11-7-13(20)9-14(21)8-11/h1-2,7-10H,3-6H2. The maximum absolute atomic E-state index is 12.7. The fraction of sp³-hybridized carbons (Fsp3) is 0.222. The molecule has 4 rings (SSSR count). The Morgan fingerprint density at radius 3 is 2.31 bits per heavy atom. The van der Waals surface area contributed by atoms with E-state index in [9.17, 15) is 4.79 Å². The van der Waals surface area contributed by atoms with Gasteiger partial charge in [-0.2, -0.15) is 0 Å². The van der Waals surface area contributed by atoms with Gasteiger partial charge in [0.1, 0.15) is 0 Å². The lowest BCUT2D eigenvalue weighted by Gasteiger charge is -2.34. The minimum Gasteiger partial charge on any atom is -0.345 e. The molecule has 26 heavy (non-hydrogen) atoms. The number of aromatic nitrogens is 1. The van der Waals surface area contributed by atoms with Gasteiger partial charge in [0.2, 0.25) is 0 Å². The van der Waals surface area contributed by atoms with Crippen molar-refractivity contribution >= 4 is 67.4 Å². The summed E-state index contributed by atoms with van der Waals surface area (Å²) in [5.74, 6) is -0.0508. The van der Waals surface area contributed by atoms with Gasteiger partial charge in [0.05, 0.1) is 10.2 Å². The fourth-order valence-corrected chi connectivity index (χ4v) is 4.80. The normalized spacial score (nSPS) is 14.9. The fourth-order valence-electron chi connectivity index (χ4n) is 2.98. The average molecular weight is 427 g/mol. The highest BCUT2D eigenvalue weighted by Gasteiger charge is 2.24. The van der Waals surface area contributed by atoms with Crippen LogP contribution >= 0.6 is 46.1 Å². The molecule has 0 aliphatic carbocycles. The minimum absolute atomic E-state index is 0.0508. The molecule has 2 aromatic carbocycles. The van der Waals surface area contributed by atoms with E-state index in [1.54, 1.807) is 29.5 Å². The van der Waals surface area contributed by atoms with E-state index < -0.39 is 0 Å². The monoisotopic (exact) mass is 425 g/mol. The van der Waals surface area contributed by atoms with Crippen molar-refractivity contribution in [1.82, 2.24) is 9.88 Å². The van der Waals surface area contributed by atoms with E-state index in [1.165, 1.54) is 0 Å². The number of hydrogen-bond acceptors (Lipinski definition) is 4. The molecule has 4 nitrogen and oxygen atoms in total. The summed E-state index contributed by atoms with van der Waals surface area (Å²) in [4.78, 5) is 21.4. The first-order valence-corrected chi connectivity index (χ1v) is 10.0. The van der Waals surface area contributed by atoms with Gasteiger partial charge in [-0.3, -0.25) is 4.79 Å². The maximum atomic E-state index is 12.7. The summed E-state index contributed by atoms with van der Waals surface area (Å²) < 4.78 is 1.07. The van der Waals surface area contributed by atoms with Crippen molar-refractivity contribution in [1.29, 1.82) is 0 Å². The van der Waals surface area contributed by atoms with Gasteiger partial charge in [0.15, 0.2) is 5.13 Å². The molecule has 0 saturated carbocycles. The quantitative estimate of drug-likeness (QED) is 0.564. The zero-order chi connectivity index (χ0) is 18.3. The Balaban J connectivity index is 1.47. The first-order chi connectivity index (χ1) is 12.5. The summed E-state index contributed by atoms with van der Waals surface area (Å²) in [7, 11) is 0. The molecule has 1 amide bonds. The SMILES string of the molecule is O=C(c1cc(Cl)cc(Cl)c1)N1CCN(c2nc3ccc(Cl)cc3s2)CC1. The van der Waals surface area contributed by atoms with Crippen molar-refractivity contribution in [2.75, 3.05) is 31.1 Å². The molecule has 1 aromatic heterocycles. The molecule has 2 heterocycles. The van der Waals surface area contributed by atoms with Gasteiger partial charge in [0, 0.05) is 46.8 Å². The summed E-state index contributed by atoms with van der Waals surface area (Å²) in [5, 5.41) is 2.60. The van der Waals surface area contributed by atoms with E-state index in [1.807, 2.05) is 23.1 Å². The van der Waals surface area contributed by atoms with E-state index >= 15 is 0 Å². The third-order valence-electron chi connectivity index (χ3n) is 4.29. The third kappa shape index (κ3) is 3.62. The maximum Gasteiger partial charge on any atom is 0.254 e. The number of fused-ring (bicyclic) bond motifs is 1. The molecular formula is C18H14Cl3N3OS. The predicted molar refractivity (Wildman–Crippen MR) is 109 cm³/mol. The predicted octanol–water partition coefficient (Wildman–Crippen LogP) is 5.22. The molecule has 134 valence electrons. The van der Waals surface area contributed by atoms with Gasteiger partial charge in [-0.15, -0.1) is 0 Å². The van der Waals surface area contributed by atoms with Gasteiger partial charge in [-0.1, -0.05) is 46.1 Å². The average Bonchev–Trinajstić information content (AvgIpc) is 3.03. The molecular weight excluding hydrogens is 413 g/mol. The van der Waals surface area contributed by atoms with E-state index in [2.05, 4.69) is 9.88 Å². The highest BCUT2D eigenvalue weighted by Crippen LogP contribution is 2.31. The highest BCUT2D eigenvalue weighted by atomic mass is 35.5. The Hall–Kier alpha value is -1.53. The molecule has 0 spiro atoms. The molecule has 3 aromatic rings. The van der Waals surface area contributed by atoms with Crippen LogP contribution in [-0.4, -0.2) is 42.0 Å². The van der Waals surface area contributed by atoms with Crippen LogP contribution in [0.25, 0.3) is 10.2 Å². The van der Waals surface area contributed by atoms with Crippen LogP contribution in [0, 0.1) is 0 Å². The van der Waals surface area contributed by atoms with E-state index in [-0.39, 0.29) is 5.91 Å². The number of carbonyl (C=O) groups excluding carboxylic acids is 1. The van der Waals surface area contributed by atoms with Crippen molar-refractivity contribution < 1.29 is 4.79 Å². The van der Waals surface area contributed by atoms with Crippen molar-refractivity contribution in [3.05, 3.63) is 57.0 Å². The minimum atomic E-state index is -0.0508. The second kappa shape index (κ2) is 7.24. The summed E-state index contributed by atoms with van der Waals surface area (Å²) in [5.41, 5.74) is 1.46. The smallest absolute Gasteiger partial charge is 0.254 e. The van der Waals surface area contributed by atoms with Crippen LogP contribution < -0.4 is 4.90 Å². The molecule has 0 N–H and O–H groups in total. The van der Waals surface area contributed by atoms with E-state index in [4.69, 9.17) is 34.8 Å². The number of carbonyl (C=O) groups is 1. The molecule has 1 fully saturated rings.